The smallest absolute Gasteiger partial charge is 0.412 e. The number of benzene rings is 1. The minimum atomic E-state index is -5.56. The van der Waals surface area contributed by atoms with Crippen LogP contribution in [0.5, 0.6) is 0 Å². The van der Waals surface area contributed by atoms with Gasteiger partial charge >= 0.3 is 15.5 Å². The van der Waals surface area contributed by atoms with Crippen molar-refractivity contribution in [1.29, 1.82) is 0 Å². The van der Waals surface area contributed by atoms with Gasteiger partial charge in [-0.2, -0.15) is 26.7 Å². The van der Waals surface area contributed by atoms with E-state index < -0.39 is 29.9 Å². The molecule has 160 valence electrons. The summed E-state index contributed by atoms with van der Waals surface area (Å²) >= 11 is 0. The number of sulfonamides is 1. The van der Waals surface area contributed by atoms with Crippen molar-refractivity contribution in [2.45, 2.75) is 63.0 Å². The first kappa shape index (κ1) is 23.1. The zero-order valence-electron chi connectivity index (χ0n) is 16.5. The van der Waals surface area contributed by atoms with Crippen LogP contribution in [-0.4, -0.2) is 45.2 Å². The summed E-state index contributed by atoms with van der Waals surface area (Å²) in [4.78, 5) is 0. The van der Waals surface area contributed by atoms with Gasteiger partial charge in [-0.05, 0) is 36.2 Å². The molecule has 1 aliphatic rings. The topological polar surface area (TPSA) is 78.9 Å². The maximum Gasteiger partial charge on any atom is 0.516 e. The predicted molar refractivity (Wildman–Crippen MR) is 103 cm³/mol. The maximum absolute atomic E-state index is 12.7. The Labute approximate surface area is 164 Å². The summed E-state index contributed by atoms with van der Waals surface area (Å²) in [5.74, 6) is 0. The fraction of sp³-hybridized carbons (Fsp3) is 0.647. The third-order valence-electron chi connectivity index (χ3n) is 5.37. The van der Waals surface area contributed by atoms with E-state index in [1.165, 1.54) is 18.2 Å². The molecule has 0 radical (unpaired) electrons. The Balaban J connectivity index is 2.25. The van der Waals surface area contributed by atoms with Crippen LogP contribution in [0.25, 0.3) is 0 Å². The van der Waals surface area contributed by atoms with Gasteiger partial charge < -0.3 is 9.63 Å². The molecule has 1 aromatic carbocycles. The van der Waals surface area contributed by atoms with Gasteiger partial charge in [-0.3, -0.25) is 4.72 Å². The van der Waals surface area contributed by atoms with Gasteiger partial charge in [0.2, 0.25) is 0 Å². The lowest BCUT2D eigenvalue weighted by molar-refractivity contribution is -0.108. The highest BCUT2D eigenvalue weighted by atomic mass is 32.2. The predicted octanol–water partition coefficient (Wildman–Crippen LogP) is 4.47. The second kappa shape index (κ2) is 7.60. The molecule has 0 saturated carbocycles. The first-order valence-electron chi connectivity index (χ1n) is 8.86. The molecular weight excluding hydrogens is 413 g/mol. The van der Waals surface area contributed by atoms with E-state index in [4.69, 9.17) is 4.43 Å². The number of para-hydroxylation sites is 1. The third-order valence-corrected chi connectivity index (χ3v) is 11.0. The Morgan fingerprint density at radius 3 is 2.32 bits per heavy atom. The number of rotatable bonds is 5. The molecule has 0 amide bonds. The molecule has 11 heteroatoms. The molecule has 0 unspecified atom stereocenters. The quantitative estimate of drug-likeness (QED) is 0.661. The number of halogens is 3. The fourth-order valence-corrected chi connectivity index (χ4v) is 4.78. The van der Waals surface area contributed by atoms with Crippen molar-refractivity contribution in [1.82, 2.24) is 5.06 Å². The highest BCUT2D eigenvalue weighted by Gasteiger charge is 2.47. The van der Waals surface area contributed by atoms with Crippen LogP contribution in [0.4, 0.5) is 18.9 Å². The third kappa shape index (κ3) is 4.88. The number of nitrogens with one attached hydrogen (secondary N) is 1. The second-order valence-electron chi connectivity index (χ2n) is 8.51. The van der Waals surface area contributed by atoms with Crippen molar-refractivity contribution in [3.05, 3.63) is 29.8 Å². The van der Waals surface area contributed by atoms with Crippen LogP contribution in [0.3, 0.4) is 0 Å². The van der Waals surface area contributed by atoms with Gasteiger partial charge in [-0.1, -0.05) is 39.0 Å². The van der Waals surface area contributed by atoms with E-state index in [2.05, 4.69) is 33.9 Å². The van der Waals surface area contributed by atoms with E-state index >= 15 is 0 Å². The molecule has 1 fully saturated rings. The van der Waals surface area contributed by atoms with Gasteiger partial charge in [0.1, 0.15) is 0 Å². The van der Waals surface area contributed by atoms with E-state index in [1.54, 1.807) is 10.8 Å². The Hall–Kier alpha value is -1.14. The summed E-state index contributed by atoms with van der Waals surface area (Å²) in [5.41, 5.74) is -5.38. The van der Waals surface area contributed by atoms with E-state index in [-0.39, 0.29) is 28.9 Å². The highest BCUT2D eigenvalue weighted by molar-refractivity contribution is 7.93. The Kier molecular flexibility index (Phi) is 6.28. The molecule has 28 heavy (non-hydrogen) atoms. The maximum atomic E-state index is 12.7. The van der Waals surface area contributed by atoms with E-state index in [1.807, 2.05) is 0 Å². The minimum absolute atomic E-state index is 0.0361. The van der Waals surface area contributed by atoms with E-state index in [9.17, 15) is 26.8 Å². The Morgan fingerprint density at radius 1 is 1.21 bits per heavy atom. The number of hydroxylamine groups is 2. The number of anilines is 1. The zero-order chi connectivity index (χ0) is 21.5. The highest BCUT2D eigenvalue weighted by Crippen LogP contribution is 2.42. The molecule has 1 saturated heterocycles. The lowest BCUT2D eigenvalue weighted by Crippen LogP contribution is -2.44. The van der Waals surface area contributed by atoms with Gasteiger partial charge in [0.25, 0.3) is 0 Å². The molecule has 2 atom stereocenters. The first-order chi connectivity index (χ1) is 12.6. The number of hydrogen-bond acceptors (Lipinski definition) is 5. The lowest BCUT2D eigenvalue weighted by atomic mass is 10.0. The standard InChI is InChI=1S/C17H27F3N2O4SSi/c1-16(2,3)28(4,5)26-12-10-15(22(23)11-12)13-8-6-7-9-14(13)21-27(24,25)17(18,19)20/h6-9,12,15,21,23H,10-11H2,1-5H3/t12-,15+/m1/s1. The molecule has 0 bridgehead atoms. The molecule has 2 rings (SSSR count). The van der Waals surface area contributed by atoms with Crippen molar-refractivity contribution >= 4 is 24.0 Å². The lowest BCUT2D eigenvalue weighted by Gasteiger charge is -2.38. The first-order valence-corrected chi connectivity index (χ1v) is 13.3. The van der Waals surface area contributed by atoms with Crippen LogP contribution in [-0.2, 0) is 14.4 Å². The van der Waals surface area contributed by atoms with Crippen LogP contribution in [0.15, 0.2) is 24.3 Å². The number of hydrogen-bond donors (Lipinski definition) is 2. The average Bonchev–Trinajstić information content (AvgIpc) is 2.84. The largest absolute Gasteiger partial charge is 0.516 e. The van der Waals surface area contributed by atoms with Crippen molar-refractivity contribution in [2.24, 2.45) is 0 Å². The van der Waals surface area contributed by atoms with Crippen molar-refractivity contribution in [3.8, 4) is 0 Å². The monoisotopic (exact) mass is 440 g/mol. The fourth-order valence-electron chi connectivity index (χ4n) is 2.83. The average molecular weight is 441 g/mol. The normalized spacial score (nSPS) is 22.5. The molecule has 0 aliphatic carbocycles. The van der Waals surface area contributed by atoms with Gasteiger partial charge in [-0.15, -0.1) is 0 Å². The van der Waals surface area contributed by atoms with Crippen LogP contribution < -0.4 is 4.72 Å². The van der Waals surface area contributed by atoms with Gasteiger partial charge in [-0.25, -0.2) is 0 Å². The summed E-state index contributed by atoms with van der Waals surface area (Å²) in [5, 5.41) is 11.3. The molecule has 2 N–H and O–H groups in total. The number of alkyl halides is 3. The van der Waals surface area contributed by atoms with Crippen molar-refractivity contribution < 1.29 is 31.2 Å². The molecule has 1 heterocycles. The molecule has 6 nitrogen and oxygen atoms in total. The summed E-state index contributed by atoms with van der Waals surface area (Å²) in [7, 11) is -7.66. The molecular formula is C17H27F3N2O4SSi. The summed E-state index contributed by atoms with van der Waals surface area (Å²) in [6.45, 7) is 10.6. The Morgan fingerprint density at radius 2 is 1.79 bits per heavy atom. The molecule has 0 aromatic heterocycles. The molecule has 1 aliphatic heterocycles. The van der Waals surface area contributed by atoms with Crippen LogP contribution in [0.2, 0.25) is 18.1 Å². The van der Waals surface area contributed by atoms with E-state index in [0.29, 0.717) is 6.42 Å². The van der Waals surface area contributed by atoms with Gasteiger partial charge in [0.15, 0.2) is 8.32 Å². The van der Waals surface area contributed by atoms with Crippen LogP contribution in [0, 0.1) is 0 Å². The Bertz CT molecular complexity index is 809. The molecule has 0 spiro atoms. The summed E-state index contributed by atoms with van der Waals surface area (Å²) in [6, 6.07) is 5.07. The minimum Gasteiger partial charge on any atom is -0.412 e. The molecule has 1 aromatic rings. The SMILES string of the molecule is CC(C)(C)[Si](C)(C)O[C@@H]1C[C@@H](c2ccccc2NS(=O)(=O)C(F)(F)F)N(O)C1. The van der Waals surface area contributed by atoms with Crippen LogP contribution in [0.1, 0.15) is 38.8 Å². The summed E-state index contributed by atoms with van der Waals surface area (Å²) in [6.07, 6.45) is 0.0384. The van der Waals surface area contributed by atoms with Crippen molar-refractivity contribution in [3.63, 3.8) is 0 Å². The van der Waals surface area contributed by atoms with Crippen LogP contribution >= 0.6 is 0 Å². The summed E-state index contributed by atoms with van der Waals surface area (Å²) < 4.78 is 69.1. The van der Waals surface area contributed by atoms with Gasteiger partial charge in [0.05, 0.1) is 17.8 Å². The zero-order valence-corrected chi connectivity index (χ0v) is 18.4. The second-order valence-corrected chi connectivity index (χ2v) is 14.9. The number of nitrogens with zero attached hydrogens (tertiary/aromatic N) is 1. The van der Waals surface area contributed by atoms with Crippen molar-refractivity contribution in [2.75, 3.05) is 11.3 Å². The van der Waals surface area contributed by atoms with Gasteiger partial charge in [0, 0.05) is 6.54 Å². The van der Waals surface area contributed by atoms with E-state index in [0.717, 1.165) is 5.06 Å².